The zero-order chi connectivity index (χ0) is 11.8. The monoisotopic (exact) mass is 226 g/mol. The quantitative estimate of drug-likeness (QED) is 0.591. The molecular formula is C13H26N2O. The first-order chi connectivity index (χ1) is 7.68. The maximum Gasteiger partial charge on any atom is 0.221 e. The molecule has 94 valence electrons. The Morgan fingerprint density at radius 1 is 1.25 bits per heavy atom. The van der Waals surface area contributed by atoms with Gasteiger partial charge in [-0.25, -0.2) is 0 Å². The highest BCUT2D eigenvalue weighted by Gasteiger charge is 2.22. The molecule has 0 aliphatic heterocycles. The van der Waals surface area contributed by atoms with Gasteiger partial charge in [0.15, 0.2) is 0 Å². The molecule has 1 amide bonds. The Kier molecular flexibility index (Phi) is 6.46. The first kappa shape index (κ1) is 13.5. The van der Waals surface area contributed by atoms with Crippen molar-refractivity contribution in [3.63, 3.8) is 0 Å². The molecule has 1 aliphatic carbocycles. The van der Waals surface area contributed by atoms with Crippen molar-refractivity contribution >= 4 is 5.91 Å². The van der Waals surface area contributed by atoms with Crippen LogP contribution in [0.5, 0.6) is 0 Å². The molecule has 0 unspecified atom stereocenters. The second-order valence-corrected chi connectivity index (χ2v) is 5.23. The van der Waals surface area contributed by atoms with Gasteiger partial charge in [-0.3, -0.25) is 4.79 Å². The molecule has 2 N–H and O–H groups in total. The van der Waals surface area contributed by atoms with Crippen molar-refractivity contribution in [2.45, 2.75) is 58.4 Å². The van der Waals surface area contributed by atoms with Gasteiger partial charge in [0.25, 0.3) is 0 Å². The third-order valence-corrected chi connectivity index (χ3v) is 2.86. The van der Waals surface area contributed by atoms with Crippen molar-refractivity contribution in [2.24, 2.45) is 5.92 Å². The Bertz CT molecular complexity index is 200. The number of rotatable bonds is 9. The van der Waals surface area contributed by atoms with Gasteiger partial charge in [-0.15, -0.1) is 0 Å². The molecule has 1 fully saturated rings. The van der Waals surface area contributed by atoms with Crippen molar-refractivity contribution in [1.82, 2.24) is 10.6 Å². The van der Waals surface area contributed by atoms with Gasteiger partial charge in [-0.05, 0) is 31.7 Å². The Morgan fingerprint density at radius 2 is 2.00 bits per heavy atom. The minimum absolute atomic E-state index is 0.206. The van der Waals surface area contributed by atoms with E-state index in [9.17, 15) is 4.79 Å². The van der Waals surface area contributed by atoms with Gasteiger partial charge < -0.3 is 10.6 Å². The van der Waals surface area contributed by atoms with Crippen LogP contribution in [0.2, 0.25) is 0 Å². The van der Waals surface area contributed by atoms with E-state index >= 15 is 0 Å². The number of unbranched alkanes of at least 4 members (excludes halogenated alkanes) is 1. The van der Waals surface area contributed by atoms with Crippen LogP contribution in [0, 0.1) is 5.92 Å². The lowest BCUT2D eigenvalue weighted by Gasteiger charge is -2.06. The summed E-state index contributed by atoms with van der Waals surface area (Å²) < 4.78 is 0. The van der Waals surface area contributed by atoms with Crippen molar-refractivity contribution in [3.8, 4) is 0 Å². The van der Waals surface area contributed by atoms with Gasteiger partial charge in [0.2, 0.25) is 5.91 Å². The molecule has 0 aromatic carbocycles. The highest BCUT2D eigenvalue weighted by Crippen LogP contribution is 2.18. The predicted octanol–water partition coefficient (Wildman–Crippen LogP) is 2.07. The maximum atomic E-state index is 11.3. The topological polar surface area (TPSA) is 41.1 Å². The van der Waals surface area contributed by atoms with E-state index in [1.165, 1.54) is 32.1 Å². The van der Waals surface area contributed by atoms with E-state index < -0.39 is 0 Å². The van der Waals surface area contributed by atoms with Crippen molar-refractivity contribution < 1.29 is 4.79 Å². The fraction of sp³-hybridized carbons (Fsp3) is 0.923. The van der Waals surface area contributed by atoms with E-state index in [4.69, 9.17) is 0 Å². The normalized spacial score (nSPS) is 15.4. The summed E-state index contributed by atoms with van der Waals surface area (Å²) in [6.07, 6.45) is 6.80. The van der Waals surface area contributed by atoms with Crippen LogP contribution in [0.1, 0.15) is 52.4 Å². The molecule has 0 atom stereocenters. The smallest absolute Gasteiger partial charge is 0.221 e. The Morgan fingerprint density at radius 3 is 2.62 bits per heavy atom. The molecule has 1 saturated carbocycles. The molecule has 0 saturated heterocycles. The van der Waals surface area contributed by atoms with Crippen LogP contribution in [0.25, 0.3) is 0 Å². The lowest BCUT2D eigenvalue weighted by atomic mass is 10.1. The number of amides is 1. The maximum absolute atomic E-state index is 11.3. The third-order valence-electron chi connectivity index (χ3n) is 2.86. The van der Waals surface area contributed by atoms with Crippen molar-refractivity contribution in [3.05, 3.63) is 0 Å². The molecule has 16 heavy (non-hydrogen) atoms. The van der Waals surface area contributed by atoms with Crippen LogP contribution in [-0.2, 0) is 4.79 Å². The molecule has 3 heteroatoms. The number of carbonyl (C=O) groups is 1. The Labute approximate surface area is 99.4 Å². The first-order valence-corrected chi connectivity index (χ1v) is 6.68. The van der Waals surface area contributed by atoms with Gasteiger partial charge in [0, 0.05) is 19.0 Å². The van der Waals surface area contributed by atoms with Gasteiger partial charge in [-0.1, -0.05) is 26.7 Å². The summed E-state index contributed by atoms with van der Waals surface area (Å²) in [6.45, 7) is 6.38. The van der Waals surface area contributed by atoms with Crippen LogP contribution < -0.4 is 10.6 Å². The summed E-state index contributed by atoms with van der Waals surface area (Å²) in [5.74, 6) is 1.02. The fourth-order valence-corrected chi connectivity index (χ4v) is 1.66. The second-order valence-electron chi connectivity index (χ2n) is 5.23. The SMILES string of the molecule is CC(C)CCCCNCCC(=O)NC1CC1. The third kappa shape index (κ3) is 7.69. The highest BCUT2D eigenvalue weighted by molar-refractivity contribution is 5.76. The van der Waals surface area contributed by atoms with Gasteiger partial charge >= 0.3 is 0 Å². The van der Waals surface area contributed by atoms with E-state index in [0.717, 1.165) is 19.0 Å². The summed E-state index contributed by atoms with van der Waals surface area (Å²) in [5, 5.41) is 6.31. The lowest BCUT2D eigenvalue weighted by Crippen LogP contribution is -2.29. The van der Waals surface area contributed by atoms with Crippen LogP contribution in [0.3, 0.4) is 0 Å². The molecule has 0 spiro atoms. The summed E-state index contributed by atoms with van der Waals surface area (Å²) in [5.41, 5.74) is 0. The van der Waals surface area contributed by atoms with Gasteiger partial charge in [-0.2, -0.15) is 0 Å². The number of carbonyl (C=O) groups excluding carboxylic acids is 1. The van der Waals surface area contributed by atoms with E-state index in [-0.39, 0.29) is 5.91 Å². The van der Waals surface area contributed by atoms with E-state index in [0.29, 0.717) is 12.5 Å². The van der Waals surface area contributed by atoms with Crippen molar-refractivity contribution in [1.29, 1.82) is 0 Å². The number of hydrogen-bond donors (Lipinski definition) is 2. The number of nitrogens with one attached hydrogen (secondary N) is 2. The Hall–Kier alpha value is -0.570. The molecule has 3 nitrogen and oxygen atoms in total. The minimum Gasteiger partial charge on any atom is -0.353 e. The molecule has 1 rings (SSSR count). The van der Waals surface area contributed by atoms with Gasteiger partial charge in [0.05, 0.1) is 0 Å². The zero-order valence-electron chi connectivity index (χ0n) is 10.7. The largest absolute Gasteiger partial charge is 0.353 e. The van der Waals surface area contributed by atoms with Crippen LogP contribution >= 0.6 is 0 Å². The summed E-state index contributed by atoms with van der Waals surface area (Å²) in [4.78, 5) is 11.3. The first-order valence-electron chi connectivity index (χ1n) is 6.68. The van der Waals surface area contributed by atoms with Crippen molar-refractivity contribution in [2.75, 3.05) is 13.1 Å². The summed E-state index contributed by atoms with van der Waals surface area (Å²) in [6, 6.07) is 0.499. The molecule has 1 aliphatic rings. The van der Waals surface area contributed by atoms with E-state index in [1.807, 2.05) is 0 Å². The fourth-order valence-electron chi connectivity index (χ4n) is 1.66. The summed E-state index contributed by atoms with van der Waals surface area (Å²) in [7, 11) is 0. The molecular weight excluding hydrogens is 200 g/mol. The number of hydrogen-bond acceptors (Lipinski definition) is 2. The molecule has 0 radical (unpaired) electrons. The van der Waals surface area contributed by atoms with Crippen LogP contribution in [0.15, 0.2) is 0 Å². The zero-order valence-corrected chi connectivity index (χ0v) is 10.7. The molecule has 0 bridgehead atoms. The predicted molar refractivity (Wildman–Crippen MR) is 67.3 cm³/mol. The second kappa shape index (κ2) is 7.66. The lowest BCUT2D eigenvalue weighted by molar-refractivity contribution is -0.121. The molecule has 0 aromatic heterocycles. The average molecular weight is 226 g/mol. The van der Waals surface area contributed by atoms with E-state index in [2.05, 4.69) is 24.5 Å². The standard InChI is InChI=1S/C13H26N2O/c1-11(2)5-3-4-9-14-10-8-13(16)15-12-6-7-12/h11-12,14H,3-10H2,1-2H3,(H,15,16). The van der Waals surface area contributed by atoms with Gasteiger partial charge in [0.1, 0.15) is 0 Å². The van der Waals surface area contributed by atoms with Crippen LogP contribution in [0.4, 0.5) is 0 Å². The van der Waals surface area contributed by atoms with E-state index in [1.54, 1.807) is 0 Å². The molecule has 0 aromatic rings. The highest BCUT2D eigenvalue weighted by atomic mass is 16.1. The summed E-state index contributed by atoms with van der Waals surface area (Å²) >= 11 is 0. The molecule has 0 heterocycles. The Balaban J connectivity index is 1.78. The van der Waals surface area contributed by atoms with Crippen LogP contribution in [-0.4, -0.2) is 25.0 Å². The minimum atomic E-state index is 0.206. The average Bonchev–Trinajstić information content (AvgIpc) is 2.99.